The van der Waals surface area contributed by atoms with E-state index >= 15 is 0 Å². The SMILES string of the molecule is O=C(O)CCc1cccc(Sc2ccccc2)c1. The lowest BCUT2D eigenvalue weighted by Crippen LogP contribution is -1.97. The first-order valence-electron chi connectivity index (χ1n) is 5.78. The van der Waals surface area contributed by atoms with Gasteiger partial charge < -0.3 is 5.11 Å². The number of carboxylic acids is 1. The van der Waals surface area contributed by atoms with Gasteiger partial charge in [0, 0.05) is 16.2 Å². The summed E-state index contributed by atoms with van der Waals surface area (Å²) in [5.41, 5.74) is 1.07. The van der Waals surface area contributed by atoms with E-state index in [1.54, 1.807) is 11.8 Å². The first kappa shape index (κ1) is 12.7. The normalized spacial score (nSPS) is 10.2. The molecule has 0 bridgehead atoms. The fourth-order valence-electron chi connectivity index (χ4n) is 1.64. The van der Waals surface area contributed by atoms with Crippen molar-refractivity contribution in [1.82, 2.24) is 0 Å². The largest absolute Gasteiger partial charge is 0.481 e. The van der Waals surface area contributed by atoms with Gasteiger partial charge in [0.1, 0.15) is 0 Å². The Kier molecular flexibility index (Phi) is 4.42. The zero-order valence-electron chi connectivity index (χ0n) is 9.87. The van der Waals surface area contributed by atoms with Crippen molar-refractivity contribution in [3.63, 3.8) is 0 Å². The fraction of sp³-hybridized carbons (Fsp3) is 0.133. The van der Waals surface area contributed by atoms with Crippen molar-refractivity contribution in [3.05, 3.63) is 60.2 Å². The van der Waals surface area contributed by atoms with Crippen LogP contribution in [0.4, 0.5) is 0 Å². The number of carboxylic acid groups (broad SMARTS) is 1. The molecule has 0 fully saturated rings. The average Bonchev–Trinajstić information content (AvgIpc) is 2.38. The number of carbonyl (C=O) groups is 1. The molecule has 1 N–H and O–H groups in total. The molecule has 0 amide bonds. The van der Waals surface area contributed by atoms with Crippen LogP contribution in [0, 0.1) is 0 Å². The van der Waals surface area contributed by atoms with Gasteiger partial charge >= 0.3 is 5.97 Å². The molecule has 0 aliphatic heterocycles. The molecule has 3 heteroatoms. The highest BCUT2D eigenvalue weighted by Crippen LogP contribution is 2.27. The smallest absolute Gasteiger partial charge is 0.303 e. The minimum Gasteiger partial charge on any atom is -0.481 e. The number of aryl methyl sites for hydroxylation is 1. The first-order chi connectivity index (χ1) is 8.74. The highest BCUT2D eigenvalue weighted by atomic mass is 32.2. The summed E-state index contributed by atoms with van der Waals surface area (Å²) in [6.45, 7) is 0. The number of hydrogen-bond acceptors (Lipinski definition) is 2. The summed E-state index contributed by atoms with van der Waals surface area (Å²) in [4.78, 5) is 12.9. The molecular weight excluding hydrogens is 244 g/mol. The minimum atomic E-state index is -0.754. The van der Waals surface area contributed by atoms with E-state index in [1.165, 1.54) is 4.90 Å². The second-order valence-electron chi connectivity index (χ2n) is 3.96. The summed E-state index contributed by atoms with van der Waals surface area (Å²) in [5, 5.41) is 8.67. The van der Waals surface area contributed by atoms with Crippen molar-refractivity contribution in [2.45, 2.75) is 22.6 Å². The van der Waals surface area contributed by atoms with Gasteiger partial charge in [-0.25, -0.2) is 0 Å². The summed E-state index contributed by atoms with van der Waals surface area (Å²) in [7, 11) is 0. The highest BCUT2D eigenvalue weighted by molar-refractivity contribution is 7.99. The summed E-state index contributed by atoms with van der Waals surface area (Å²) < 4.78 is 0. The standard InChI is InChI=1S/C15H14O2S/c16-15(17)10-9-12-5-4-8-14(11-12)18-13-6-2-1-3-7-13/h1-8,11H,9-10H2,(H,16,17). The van der Waals surface area contributed by atoms with Crippen molar-refractivity contribution in [2.75, 3.05) is 0 Å². The summed E-state index contributed by atoms with van der Waals surface area (Å²) in [6.07, 6.45) is 0.762. The second-order valence-corrected chi connectivity index (χ2v) is 5.10. The van der Waals surface area contributed by atoms with Gasteiger partial charge in [-0.05, 0) is 36.2 Å². The third-order valence-corrected chi connectivity index (χ3v) is 3.50. The van der Waals surface area contributed by atoms with E-state index in [-0.39, 0.29) is 6.42 Å². The van der Waals surface area contributed by atoms with Crippen molar-refractivity contribution in [3.8, 4) is 0 Å². The molecule has 0 aliphatic carbocycles. The molecule has 0 aromatic heterocycles. The third kappa shape index (κ3) is 3.93. The van der Waals surface area contributed by atoms with Gasteiger partial charge in [0.15, 0.2) is 0 Å². The van der Waals surface area contributed by atoms with E-state index in [4.69, 9.17) is 5.11 Å². The topological polar surface area (TPSA) is 37.3 Å². The molecule has 2 nitrogen and oxygen atoms in total. The third-order valence-electron chi connectivity index (χ3n) is 2.50. The van der Waals surface area contributed by atoms with Crippen LogP contribution in [0.15, 0.2) is 64.4 Å². The predicted octanol–water partition coefficient (Wildman–Crippen LogP) is 3.86. The van der Waals surface area contributed by atoms with Crippen LogP contribution in [0.1, 0.15) is 12.0 Å². The molecular formula is C15H14O2S. The fourth-order valence-corrected chi connectivity index (χ4v) is 2.56. The molecule has 2 aromatic rings. The van der Waals surface area contributed by atoms with Gasteiger partial charge in [0.25, 0.3) is 0 Å². The second kappa shape index (κ2) is 6.26. The zero-order valence-corrected chi connectivity index (χ0v) is 10.7. The number of hydrogen-bond donors (Lipinski definition) is 1. The van der Waals surface area contributed by atoms with E-state index < -0.39 is 5.97 Å². The lowest BCUT2D eigenvalue weighted by molar-refractivity contribution is -0.136. The molecule has 0 saturated heterocycles. The molecule has 92 valence electrons. The van der Waals surface area contributed by atoms with Crippen molar-refractivity contribution in [1.29, 1.82) is 0 Å². The van der Waals surface area contributed by atoms with Crippen molar-refractivity contribution < 1.29 is 9.90 Å². The maximum absolute atomic E-state index is 10.5. The van der Waals surface area contributed by atoms with E-state index in [9.17, 15) is 4.79 Å². The molecule has 0 aliphatic rings. The van der Waals surface area contributed by atoms with Crippen molar-refractivity contribution >= 4 is 17.7 Å². The van der Waals surface area contributed by atoms with Crippen LogP contribution < -0.4 is 0 Å². The van der Waals surface area contributed by atoms with Gasteiger partial charge in [-0.15, -0.1) is 0 Å². The molecule has 2 rings (SSSR count). The minimum absolute atomic E-state index is 0.180. The lowest BCUT2D eigenvalue weighted by atomic mass is 10.1. The van der Waals surface area contributed by atoms with E-state index in [2.05, 4.69) is 18.2 Å². The summed E-state index contributed by atoms with van der Waals surface area (Å²) >= 11 is 1.69. The lowest BCUT2D eigenvalue weighted by Gasteiger charge is -2.04. The van der Waals surface area contributed by atoms with Gasteiger partial charge in [-0.2, -0.15) is 0 Å². The van der Waals surface area contributed by atoms with Crippen molar-refractivity contribution in [2.24, 2.45) is 0 Å². The number of benzene rings is 2. The zero-order chi connectivity index (χ0) is 12.8. The molecule has 0 atom stereocenters. The monoisotopic (exact) mass is 258 g/mol. The van der Waals surface area contributed by atoms with Crippen LogP contribution >= 0.6 is 11.8 Å². The summed E-state index contributed by atoms with van der Waals surface area (Å²) in [6, 6.07) is 18.2. The Morgan fingerprint density at radius 1 is 1.00 bits per heavy atom. The molecule has 0 unspecified atom stereocenters. The van der Waals surface area contributed by atoms with Gasteiger partial charge in [-0.3, -0.25) is 4.79 Å². The Bertz CT molecular complexity index is 523. The first-order valence-corrected chi connectivity index (χ1v) is 6.59. The summed E-state index contributed by atoms with van der Waals surface area (Å²) in [5.74, 6) is -0.754. The molecule has 18 heavy (non-hydrogen) atoms. The molecule has 0 saturated carbocycles. The Balaban J connectivity index is 2.05. The number of rotatable bonds is 5. The number of aliphatic carboxylic acids is 1. The van der Waals surface area contributed by atoms with Crippen LogP contribution in [0.5, 0.6) is 0 Å². The van der Waals surface area contributed by atoms with E-state index in [0.717, 1.165) is 10.5 Å². The highest BCUT2D eigenvalue weighted by Gasteiger charge is 2.01. The van der Waals surface area contributed by atoms with Crippen LogP contribution in [0.3, 0.4) is 0 Å². The molecule has 2 aromatic carbocycles. The maximum atomic E-state index is 10.5. The molecule has 0 heterocycles. The van der Waals surface area contributed by atoms with Crippen LogP contribution in [-0.2, 0) is 11.2 Å². The Morgan fingerprint density at radius 2 is 1.72 bits per heavy atom. The van der Waals surface area contributed by atoms with Crippen LogP contribution in [0.25, 0.3) is 0 Å². The molecule has 0 spiro atoms. The van der Waals surface area contributed by atoms with Gasteiger partial charge in [0.2, 0.25) is 0 Å². The Morgan fingerprint density at radius 3 is 2.44 bits per heavy atom. The quantitative estimate of drug-likeness (QED) is 0.885. The van der Waals surface area contributed by atoms with Gasteiger partial charge in [0.05, 0.1) is 0 Å². The molecule has 0 radical (unpaired) electrons. The Labute approximate surface area is 111 Å². The van der Waals surface area contributed by atoms with E-state index in [1.807, 2.05) is 36.4 Å². The van der Waals surface area contributed by atoms with Crippen LogP contribution in [0.2, 0.25) is 0 Å². The maximum Gasteiger partial charge on any atom is 0.303 e. The van der Waals surface area contributed by atoms with Crippen LogP contribution in [-0.4, -0.2) is 11.1 Å². The van der Waals surface area contributed by atoms with E-state index in [0.29, 0.717) is 6.42 Å². The average molecular weight is 258 g/mol. The Hall–Kier alpha value is -1.74. The van der Waals surface area contributed by atoms with Gasteiger partial charge in [-0.1, -0.05) is 42.1 Å². The predicted molar refractivity (Wildman–Crippen MR) is 73.0 cm³/mol.